The van der Waals surface area contributed by atoms with Gasteiger partial charge in [0.1, 0.15) is 16.2 Å². The van der Waals surface area contributed by atoms with E-state index in [1.165, 1.54) is 0 Å². The van der Waals surface area contributed by atoms with Crippen molar-refractivity contribution in [3.05, 3.63) is 16.5 Å². The summed E-state index contributed by atoms with van der Waals surface area (Å²) in [6.45, 7) is 7.87. The van der Waals surface area contributed by atoms with Gasteiger partial charge in [-0.25, -0.2) is 9.97 Å². The number of likely N-dealkylation sites (N-methyl/N-ethyl adjacent to an activating group) is 2. The second-order valence-corrected chi connectivity index (χ2v) is 5.45. The van der Waals surface area contributed by atoms with E-state index in [0.717, 1.165) is 42.2 Å². The van der Waals surface area contributed by atoms with E-state index in [0.29, 0.717) is 6.54 Å². The van der Waals surface area contributed by atoms with Gasteiger partial charge in [-0.05, 0) is 36.2 Å². The summed E-state index contributed by atoms with van der Waals surface area (Å²) in [4.78, 5) is 24.6. The third-order valence-electron chi connectivity index (χ3n) is 3.08. The Morgan fingerprint density at radius 3 is 2.45 bits per heavy atom. The third-order valence-corrected chi connectivity index (χ3v) is 3.49. The van der Waals surface area contributed by atoms with E-state index >= 15 is 0 Å². The second kappa shape index (κ2) is 8.19. The van der Waals surface area contributed by atoms with Gasteiger partial charge in [0, 0.05) is 32.6 Å². The molecule has 1 aromatic heterocycles. The number of carbonyl (C=O) groups excluding carboxylic acids is 1. The maximum Gasteiger partial charge on any atom is 0.242 e. The zero-order valence-electron chi connectivity index (χ0n) is 12.7. The van der Waals surface area contributed by atoms with E-state index in [4.69, 9.17) is 0 Å². The van der Waals surface area contributed by atoms with Crippen LogP contribution in [0.25, 0.3) is 0 Å². The maximum absolute atomic E-state index is 12.1. The molecule has 1 aromatic rings. The molecule has 1 rings (SSSR count). The summed E-state index contributed by atoms with van der Waals surface area (Å²) in [7, 11) is 1.88. The van der Waals surface area contributed by atoms with Crippen LogP contribution in [0.3, 0.4) is 0 Å². The molecule has 0 saturated heterocycles. The Hall–Kier alpha value is -1.17. The molecule has 20 heavy (non-hydrogen) atoms. The summed E-state index contributed by atoms with van der Waals surface area (Å²) in [5, 5.41) is 0. The molecular formula is C14H23BrN4O. The minimum Gasteiger partial charge on any atom is -0.350 e. The molecule has 1 amide bonds. The van der Waals surface area contributed by atoms with E-state index in [1.807, 2.05) is 36.8 Å². The highest BCUT2D eigenvalue weighted by Crippen LogP contribution is 2.16. The lowest BCUT2D eigenvalue weighted by molar-refractivity contribution is -0.129. The van der Waals surface area contributed by atoms with Crippen LogP contribution >= 0.6 is 15.9 Å². The summed E-state index contributed by atoms with van der Waals surface area (Å²) in [5.41, 5.74) is 0. The third kappa shape index (κ3) is 4.74. The number of hydrogen-bond acceptors (Lipinski definition) is 4. The Balaban J connectivity index is 2.81. The van der Waals surface area contributed by atoms with Crippen LogP contribution in [-0.2, 0) is 11.2 Å². The molecule has 0 bridgehead atoms. The smallest absolute Gasteiger partial charge is 0.242 e. The predicted octanol–water partition coefficient (Wildman–Crippen LogP) is 2.50. The van der Waals surface area contributed by atoms with Crippen LogP contribution in [0.1, 0.15) is 33.0 Å². The SMILES string of the molecule is CCCc1nc(Br)cc(N(C)CC(=O)N(CC)CC)n1. The molecule has 0 radical (unpaired) electrons. The fourth-order valence-corrected chi connectivity index (χ4v) is 2.35. The first-order valence-corrected chi connectivity index (χ1v) is 7.83. The van der Waals surface area contributed by atoms with Gasteiger partial charge in [-0.3, -0.25) is 4.79 Å². The van der Waals surface area contributed by atoms with Crippen molar-refractivity contribution < 1.29 is 4.79 Å². The molecule has 0 saturated carbocycles. The molecule has 0 N–H and O–H groups in total. The van der Waals surface area contributed by atoms with E-state index < -0.39 is 0 Å². The summed E-state index contributed by atoms with van der Waals surface area (Å²) in [5.74, 6) is 1.69. The van der Waals surface area contributed by atoms with E-state index in [9.17, 15) is 4.79 Å². The number of aromatic nitrogens is 2. The summed E-state index contributed by atoms with van der Waals surface area (Å²) in [6.07, 6.45) is 1.84. The molecule has 0 aliphatic heterocycles. The number of halogens is 1. The van der Waals surface area contributed by atoms with Gasteiger partial charge in [-0.2, -0.15) is 0 Å². The van der Waals surface area contributed by atoms with Crippen molar-refractivity contribution in [2.24, 2.45) is 0 Å². The Kier molecular flexibility index (Phi) is 6.91. The summed E-state index contributed by atoms with van der Waals surface area (Å²) >= 11 is 3.40. The van der Waals surface area contributed by atoms with E-state index in [1.54, 1.807) is 0 Å². The van der Waals surface area contributed by atoms with Gasteiger partial charge in [0.05, 0.1) is 6.54 Å². The first kappa shape index (κ1) is 16.9. The van der Waals surface area contributed by atoms with Gasteiger partial charge in [0.2, 0.25) is 5.91 Å². The van der Waals surface area contributed by atoms with Crippen molar-refractivity contribution in [3.63, 3.8) is 0 Å². The van der Waals surface area contributed by atoms with Crippen molar-refractivity contribution in [1.82, 2.24) is 14.9 Å². The Morgan fingerprint density at radius 1 is 1.25 bits per heavy atom. The van der Waals surface area contributed by atoms with Crippen LogP contribution in [0.4, 0.5) is 5.82 Å². The van der Waals surface area contributed by atoms with Crippen LogP contribution < -0.4 is 4.90 Å². The van der Waals surface area contributed by atoms with Crippen molar-refractivity contribution in [2.45, 2.75) is 33.6 Å². The molecule has 0 unspecified atom stereocenters. The van der Waals surface area contributed by atoms with Crippen LogP contribution in [-0.4, -0.2) is 47.5 Å². The lowest BCUT2D eigenvalue weighted by Crippen LogP contribution is -2.39. The fraction of sp³-hybridized carbons (Fsp3) is 0.643. The minimum atomic E-state index is 0.115. The maximum atomic E-state index is 12.1. The highest BCUT2D eigenvalue weighted by Gasteiger charge is 2.14. The fourth-order valence-electron chi connectivity index (χ4n) is 1.94. The summed E-state index contributed by atoms with van der Waals surface area (Å²) < 4.78 is 0.757. The molecule has 0 aliphatic carbocycles. The van der Waals surface area contributed by atoms with Crippen molar-refractivity contribution in [3.8, 4) is 0 Å². The molecule has 0 aliphatic rings. The minimum absolute atomic E-state index is 0.115. The van der Waals surface area contributed by atoms with Crippen LogP contribution in [0.2, 0.25) is 0 Å². The quantitative estimate of drug-likeness (QED) is 0.714. The topological polar surface area (TPSA) is 49.3 Å². The Bertz CT molecular complexity index is 449. The van der Waals surface area contributed by atoms with Crippen molar-refractivity contribution in [1.29, 1.82) is 0 Å². The standard InChI is InChI=1S/C14H23BrN4O/c1-5-8-12-16-11(15)9-13(17-12)18(4)10-14(20)19(6-2)7-3/h9H,5-8,10H2,1-4H3. The Labute approximate surface area is 129 Å². The molecule has 0 aromatic carbocycles. The molecule has 0 fully saturated rings. The number of aryl methyl sites for hydroxylation is 1. The predicted molar refractivity (Wildman–Crippen MR) is 84.9 cm³/mol. The summed E-state index contributed by atoms with van der Waals surface area (Å²) in [6, 6.07) is 1.84. The largest absolute Gasteiger partial charge is 0.350 e. The first-order chi connectivity index (χ1) is 9.51. The second-order valence-electron chi connectivity index (χ2n) is 4.64. The number of rotatable bonds is 7. The molecule has 6 heteroatoms. The zero-order chi connectivity index (χ0) is 15.1. The molecule has 0 atom stereocenters. The van der Waals surface area contributed by atoms with Crippen molar-refractivity contribution in [2.75, 3.05) is 31.6 Å². The molecule has 112 valence electrons. The van der Waals surface area contributed by atoms with Crippen LogP contribution in [0.15, 0.2) is 10.7 Å². The lowest BCUT2D eigenvalue weighted by atomic mass is 10.3. The van der Waals surface area contributed by atoms with E-state index in [-0.39, 0.29) is 5.91 Å². The van der Waals surface area contributed by atoms with Gasteiger partial charge in [-0.15, -0.1) is 0 Å². The molecule has 1 heterocycles. The first-order valence-electron chi connectivity index (χ1n) is 7.04. The number of amides is 1. The zero-order valence-corrected chi connectivity index (χ0v) is 14.3. The normalized spacial score (nSPS) is 10.4. The highest BCUT2D eigenvalue weighted by atomic mass is 79.9. The Morgan fingerprint density at radius 2 is 1.90 bits per heavy atom. The molecule has 0 spiro atoms. The van der Waals surface area contributed by atoms with Crippen molar-refractivity contribution >= 4 is 27.7 Å². The van der Waals surface area contributed by atoms with Gasteiger partial charge in [0.25, 0.3) is 0 Å². The van der Waals surface area contributed by atoms with E-state index in [2.05, 4.69) is 32.8 Å². The number of carbonyl (C=O) groups is 1. The van der Waals surface area contributed by atoms with Gasteiger partial charge in [-0.1, -0.05) is 6.92 Å². The molecule has 5 nitrogen and oxygen atoms in total. The van der Waals surface area contributed by atoms with Crippen LogP contribution in [0, 0.1) is 0 Å². The lowest BCUT2D eigenvalue weighted by Gasteiger charge is -2.24. The van der Waals surface area contributed by atoms with Gasteiger partial charge < -0.3 is 9.80 Å². The average Bonchev–Trinajstić information content (AvgIpc) is 2.39. The van der Waals surface area contributed by atoms with Crippen LogP contribution in [0.5, 0.6) is 0 Å². The van der Waals surface area contributed by atoms with Gasteiger partial charge >= 0.3 is 0 Å². The number of nitrogens with zero attached hydrogens (tertiary/aromatic N) is 4. The number of hydrogen-bond donors (Lipinski definition) is 0. The highest BCUT2D eigenvalue weighted by molar-refractivity contribution is 9.10. The monoisotopic (exact) mass is 342 g/mol. The molecular weight excluding hydrogens is 320 g/mol. The van der Waals surface area contributed by atoms with Gasteiger partial charge in [0.15, 0.2) is 0 Å². The average molecular weight is 343 g/mol. The number of anilines is 1.